The van der Waals surface area contributed by atoms with Gasteiger partial charge in [-0.1, -0.05) is 0 Å². The molecule has 1 heterocycles. The summed E-state index contributed by atoms with van der Waals surface area (Å²) in [6.07, 6.45) is -4.41. The number of nitrogens with zero attached hydrogens (tertiary/aromatic N) is 2. The SMILES string of the molecule is Cc1cc(F)c(N2CCN(S(=O)(=O)C(F)(F)F)CC2)cc1SCC(F)(F)F. The molecule has 0 unspecified atom stereocenters. The van der Waals surface area contributed by atoms with Crippen LogP contribution in [0.2, 0.25) is 0 Å². The summed E-state index contributed by atoms with van der Waals surface area (Å²) < 4.78 is 112. The third-order valence-corrected chi connectivity index (χ3v) is 6.70. The van der Waals surface area contributed by atoms with Crippen LogP contribution >= 0.6 is 11.8 Å². The van der Waals surface area contributed by atoms with Crippen molar-refractivity contribution in [1.82, 2.24) is 4.31 Å². The Bertz CT molecular complexity index is 786. The molecule has 0 bridgehead atoms. The number of alkyl halides is 6. The number of sulfonamides is 1. The number of anilines is 1. The van der Waals surface area contributed by atoms with E-state index in [-0.39, 0.29) is 28.0 Å². The Morgan fingerprint density at radius 2 is 1.59 bits per heavy atom. The Morgan fingerprint density at radius 1 is 1.04 bits per heavy atom. The van der Waals surface area contributed by atoms with Crippen LogP contribution in [-0.2, 0) is 10.0 Å². The fraction of sp³-hybridized carbons (Fsp3) is 0.571. The number of benzene rings is 1. The highest BCUT2D eigenvalue weighted by atomic mass is 32.2. The van der Waals surface area contributed by atoms with Gasteiger partial charge in [-0.25, -0.2) is 12.8 Å². The standard InChI is InChI=1S/C14H15F7N2O2S2/c1-9-6-10(15)11(7-12(9)26-8-13(16,17)18)22-2-4-23(5-3-22)27(24,25)14(19,20)21/h6-7H,2-5,8H2,1H3. The maximum atomic E-state index is 14.2. The average molecular weight is 440 g/mol. The van der Waals surface area contributed by atoms with Crippen molar-refractivity contribution in [2.75, 3.05) is 36.8 Å². The Balaban J connectivity index is 2.16. The molecule has 1 fully saturated rings. The normalized spacial score (nSPS) is 17.4. The largest absolute Gasteiger partial charge is 0.511 e. The van der Waals surface area contributed by atoms with Gasteiger partial charge in [0.15, 0.2) is 0 Å². The zero-order valence-corrected chi connectivity index (χ0v) is 15.5. The molecule has 154 valence electrons. The minimum atomic E-state index is -5.47. The highest BCUT2D eigenvalue weighted by molar-refractivity contribution is 7.99. The first-order chi connectivity index (χ1) is 12.2. The summed E-state index contributed by atoms with van der Waals surface area (Å²) >= 11 is 0.476. The summed E-state index contributed by atoms with van der Waals surface area (Å²) in [4.78, 5) is 1.50. The van der Waals surface area contributed by atoms with E-state index in [1.807, 2.05) is 0 Å². The topological polar surface area (TPSA) is 40.6 Å². The van der Waals surface area contributed by atoms with Gasteiger partial charge in [0.05, 0.1) is 11.4 Å². The summed E-state index contributed by atoms with van der Waals surface area (Å²) in [5.41, 5.74) is -5.20. The third kappa shape index (κ3) is 5.19. The molecule has 0 N–H and O–H groups in total. The predicted octanol–water partition coefficient (Wildman–Crippen LogP) is 3.76. The number of piperazine rings is 1. The van der Waals surface area contributed by atoms with Crippen LogP contribution in [-0.4, -0.2) is 56.3 Å². The van der Waals surface area contributed by atoms with Gasteiger partial charge < -0.3 is 4.90 Å². The number of thioether (sulfide) groups is 1. The maximum absolute atomic E-state index is 14.2. The summed E-state index contributed by atoms with van der Waals surface area (Å²) in [5, 5.41) is 0. The zero-order chi connectivity index (χ0) is 20.6. The van der Waals surface area contributed by atoms with E-state index in [1.165, 1.54) is 17.9 Å². The molecule has 1 saturated heterocycles. The highest BCUT2D eigenvalue weighted by Crippen LogP contribution is 2.34. The fourth-order valence-electron chi connectivity index (χ4n) is 2.52. The second-order valence-electron chi connectivity index (χ2n) is 5.81. The monoisotopic (exact) mass is 440 g/mol. The molecule has 2 rings (SSSR count). The van der Waals surface area contributed by atoms with E-state index in [9.17, 15) is 39.2 Å². The maximum Gasteiger partial charge on any atom is 0.511 e. The molecule has 27 heavy (non-hydrogen) atoms. The van der Waals surface area contributed by atoms with Crippen LogP contribution < -0.4 is 4.90 Å². The van der Waals surface area contributed by atoms with Gasteiger partial charge in [0.2, 0.25) is 0 Å². The van der Waals surface area contributed by atoms with Crippen molar-refractivity contribution in [3.63, 3.8) is 0 Å². The van der Waals surface area contributed by atoms with E-state index in [0.29, 0.717) is 17.3 Å². The van der Waals surface area contributed by atoms with Crippen LogP contribution in [0.5, 0.6) is 0 Å². The molecule has 1 aromatic carbocycles. The molecule has 0 atom stereocenters. The molecular weight excluding hydrogens is 425 g/mol. The van der Waals surface area contributed by atoms with Gasteiger partial charge in [-0.05, 0) is 24.6 Å². The number of halogens is 7. The molecule has 0 spiro atoms. The number of hydrogen-bond donors (Lipinski definition) is 0. The molecule has 0 aliphatic carbocycles. The summed E-state index contributed by atoms with van der Waals surface area (Å²) in [5.74, 6) is -1.91. The van der Waals surface area contributed by atoms with Crippen molar-refractivity contribution in [3.8, 4) is 0 Å². The molecule has 1 aromatic rings. The van der Waals surface area contributed by atoms with Crippen molar-refractivity contribution < 1.29 is 39.2 Å². The molecule has 0 aromatic heterocycles. The first-order valence-electron chi connectivity index (χ1n) is 7.53. The van der Waals surface area contributed by atoms with Crippen molar-refractivity contribution in [3.05, 3.63) is 23.5 Å². The zero-order valence-electron chi connectivity index (χ0n) is 13.9. The van der Waals surface area contributed by atoms with E-state index in [4.69, 9.17) is 0 Å². The lowest BCUT2D eigenvalue weighted by Gasteiger charge is -2.35. The molecule has 1 aliphatic heterocycles. The van der Waals surface area contributed by atoms with E-state index in [0.717, 1.165) is 6.07 Å². The van der Waals surface area contributed by atoms with Gasteiger partial charge in [-0.2, -0.15) is 30.6 Å². The van der Waals surface area contributed by atoms with Crippen LogP contribution in [0.15, 0.2) is 17.0 Å². The summed E-state index contributed by atoms with van der Waals surface area (Å²) in [6.45, 7) is -0.0306. The number of rotatable bonds is 4. The Hall–Kier alpha value is -1.21. The van der Waals surface area contributed by atoms with Gasteiger partial charge in [0, 0.05) is 31.1 Å². The van der Waals surface area contributed by atoms with Gasteiger partial charge in [0.1, 0.15) is 5.82 Å². The molecule has 1 aliphatic rings. The molecule has 13 heteroatoms. The number of aryl methyl sites for hydroxylation is 1. The predicted molar refractivity (Wildman–Crippen MR) is 86.7 cm³/mol. The first kappa shape index (κ1) is 22.1. The second-order valence-corrected chi connectivity index (χ2v) is 8.76. The Kier molecular flexibility index (Phi) is 6.27. The van der Waals surface area contributed by atoms with Crippen LogP contribution in [0.1, 0.15) is 5.56 Å². The average Bonchev–Trinajstić information content (AvgIpc) is 2.52. The lowest BCUT2D eigenvalue weighted by atomic mass is 10.2. The third-order valence-electron chi connectivity index (χ3n) is 3.85. The van der Waals surface area contributed by atoms with Crippen LogP contribution in [0.25, 0.3) is 0 Å². The minimum absolute atomic E-state index is 0.0747. The van der Waals surface area contributed by atoms with Crippen molar-refractivity contribution in [2.24, 2.45) is 0 Å². The Morgan fingerprint density at radius 3 is 2.07 bits per heavy atom. The van der Waals surface area contributed by atoms with Crippen molar-refractivity contribution in [1.29, 1.82) is 0 Å². The lowest BCUT2D eigenvalue weighted by Crippen LogP contribution is -2.52. The Labute approximate surface area is 155 Å². The fourth-order valence-corrected chi connectivity index (χ4v) is 4.25. The highest BCUT2D eigenvalue weighted by Gasteiger charge is 2.50. The van der Waals surface area contributed by atoms with Gasteiger partial charge in [-0.3, -0.25) is 0 Å². The van der Waals surface area contributed by atoms with Gasteiger partial charge >= 0.3 is 21.7 Å². The van der Waals surface area contributed by atoms with Gasteiger partial charge in [-0.15, -0.1) is 11.8 Å². The van der Waals surface area contributed by atoms with Crippen LogP contribution in [0.4, 0.5) is 36.4 Å². The molecular formula is C14H15F7N2O2S2. The molecule has 0 saturated carbocycles. The minimum Gasteiger partial charge on any atom is -0.366 e. The summed E-state index contributed by atoms with van der Waals surface area (Å²) in [6, 6.07) is 2.25. The van der Waals surface area contributed by atoms with E-state index >= 15 is 0 Å². The van der Waals surface area contributed by atoms with Gasteiger partial charge in [0.25, 0.3) is 0 Å². The van der Waals surface area contributed by atoms with Crippen LogP contribution in [0.3, 0.4) is 0 Å². The quantitative estimate of drug-likeness (QED) is 0.528. The molecule has 4 nitrogen and oxygen atoms in total. The smallest absolute Gasteiger partial charge is 0.366 e. The van der Waals surface area contributed by atoms with Crippen molar-refractivity contribution in [2.45, 2.75) is 23.5 Å². The molecule has 0 radical (unpaired) electrons. The lowest BCUT2D eigenvalue weighted by molar-refractivity contribution is -0.105. The second kappa shape index (κ2) is 7.66. The van der Waals surface area contributed by atoms with E-state index in [1.54, 1.807) is 0 Å². The van der Waals surface area contributed by atoms with E-state index < -0.39 is 46.4 Å². The first-order valence-corrected chi connectivity index (χ1v) is 9.96. The summed E-state index contributed by atoms with van der Waals surface area (Å²) in [7, 11) is -5.47. The molecule has 0 amide bonds. The van der Waals surface area contributed by atoms with Crippen LogP contribution in [0, 0.1) is 12.7 Å². The van der Waals surface area contributed by atoms with Crippen molar-refractivity contribution >= 4 is 27.5 Å². The number of hydrogen-bond acceptors (Lipinski definition) is 4. The van der Waals surface area contributed by atoms with E-state index in [2.05, 4.69) is 0 Å².